The molecule has 18 heteroatoms. The number of rotatable bonds is 11. The number of aliphatic hydroxyl groups excluding tert-OH is 1. The minimum absolute atomic E-state index is 0.00370. The number of aryl methyl sites for hydroxylation is 1. The van der Waals surface area contributed by atoms with Crippen LogP contribution in [0.2, 0.25) is 0 Å². The standard InChI is InChI=1S/C60H86N4O14/c1-36-16-12-11-13-17-37(2)50(73-8)34-46-26-19-42(7)60(72,78-46)57(69)58(70)64-29-15-14-18-47(64)59(71)77-51(35-48(65)38(3)31-41(6)55(68)56(75-10)54(67)40(5)30-36)39(4)32-44-22-27-49(52(33-44)74-9)76-53(66)28-23-43-20-24-45(25-21-43)62-63-61/h11-13,16-17,20-21,24-25,31,36,38-40,42,44,46-47,49-52,55-56,68,72H,14-15,18-19,22-23,26-30,32-35H2,1-10H3/b13-11+,16-12+,37-17+,41-31+/t36-,38-,39-,40-,42-,44+,46+,47+,49-,50+,51+,52-,55-,56+,60-/m1/s1. The van der Waals surface area contributed by atoms with Crippen LogP contribution in [0, 0.1) is 35.5 Å². The maximum atomic E-state index is 14.6. The van der Waals surface area contributed by atoms with Crippen molar-refractivity contribution < 1.29 is 67.4 Å². The highest BCUT2D eigenvalue weighted by molar-refractivity contribution is 6.39. The molecule has 430 valence electrons. The summed E-state index contributed by atoms with van der Waals surface area (Å²) in [6, 6.07) is 5.77. The zero-order chi connectivity index (χ0) is 57.3. The lowest BCUT2D eigenvalue weighted by Crippen LogP contribution is -2.61. The number of hydrogen-bond donors (Lipinski definition) is 2. The predicted molar refractivity (Wildman–Crippen MR) is 293 cm³/mol. The number of nitrogens with zero attached hydrogens (tertiary/aromatic N) is 4. The van der Waals surface area contributed by atoms with Crippen molar-refractivity contribution >= 4 is 40.9 Å². The first-order valence-corrected chi connectivity index (χ1v) is 28.0. The number of hydrogen-bond acceptors (Lipinski definition) is 15. The minimum Gasteiger partial charge on any atom is -0.460 e. The van der Waals surface area contributed by atoms with Gasteiger partial charge in [0.25, 0.3) is 11.7 Å². The number of piperidine rings is 1. The lowest BCUT2D eigenvalue weighted by atomic mass is 9.78. The zero-order valence-electron chi connectivity index (χ0n) is 47.5. The Labute approximate surface area is 460 Å². The highest BCUT2D eigenvalue weighted by Crippen LogP contribution is 2.38. The summed E-state index contributed by atoms with van der Waals surface area (Å²) in [5.74, 6) is -8.81. The van der Waals surface area contributed by atoms with Gasteiger partial charge in [-0.05, 0) is 124 Å². The molecule has 1 aromatic rings. The van der Waals surface area contributed by atoms with Crippen molar-refractivity contribution in [2.45, 2.75) is 193 Å². The van der Waals surface area contributed by atoms with Crippen molar-refractivity contribution in [3.63, 3.8) is 0 Å². The average molecular weight is 1090 g/mol. The second-order valence-corrected chi connectivity index (χ2v) is 22.4. The largest absolute Gasteiger partial charge is 0.460 e. The van der Waals surface area contributed by atoms with Gasteiger partial charge in [-0.2, -0.15) is 0 Å². The molecule has 1 aliphatic carbocycles. The van der Waals surface area contributed by atoms with E-state index in [1.54, 1.807) is 72.3 Å². The Hall–Kier alpha value is -5.33. The number of allylic oxidation sites excluding steroid dienone is 6. The molecule has 3 aliphatic heterocycles. The van der Waals surface area contributed by atoms with Gasteiger partial charge >= 0.3 is 11.9 Å². The van der Waals surface area contributed by atoms with Crippen LogP contribution in [0.25, 0.3) is 10.4 Å². The number of esters is 2. The van der Waals surface area contributed by atoms with Gasteiger partial charge in [0.2, 0.25) is 5.79 Å². The summed E-state index contributed by atoms with van der Waals surface area (Å²) in [6.45, 7) is 12.6. The van der Waals surface area contributed by atoms with E-state index >= 15 is 0 Å². The number of ether oxygens (including phenoxy) is 6. The molecular weight excluding hydrogens is 1000 g/mol. The molecule has 2 saturated heterocycles. The van der Waals surface area contributed by atoms with E-state index in [1.807, 2.05) is 51.2 Å². The molecule has 0 unspecified atom stereocenters. The van der Waals surface area contributed by atoms with Crippen molar-refractivity contribution in [1.82, 2.24) is 4.90 Å². The number of methoxy groups -OCH3 is 3. The number of ketones is 3. The van der Waals surface area contributed by atoms with Gasteiger partial charge in [0.05, 0.1) is 18.3 Å². The monoisotopic (exact) mass is 1090 g/mol. The topological polar surface area (TPSA) is 250 Å². The first kappa shape index (κ1) is 63.5. The molecule has 1 aromatic carbocycles. The second kappa shape index (κ2) is 30.3. The van der Waals surface area contributed by atoms with Crippen LogP contribution in [0.15, 0.2) is 77.0 Å². The number of aliphatic hydroxyl groups is 2. The van der Waals surface area contributed by atoms with Crippen molar-refractivity contribution in [2.75, 3.05) is 27.9 Å². The van der Waals surface area contributed by atoms with Crippen LogP contribution in [0.4, 0.5) is 5.69 Å². The fourth-order valence-electron chi connectivity index (χ4n) is 11.5. The van der Waals surface area contributed by atoms with Gasteiger partial charge in [-0.1, -0.05) is 100 Å². The summed E-state index contributed by atoms with van der Waals surface area (Å²) >= 11 is 0. The Morgan fingerprint density at radius 2 is 1.62 bits per heavy atom. The third-order valence-corrected chi connectivity index (χ3v) is 16.5. The quantitative estimate of drug-likeness (QED) is 0.0523. The first-order chi connectivity index (χ1) is 37.1. The molecule has 0 aromatic heterocycles. The summed E-state index contributed by atoms with van der Waals surface area (Å²) in [4.78, 5) is 88.6. The van der Waals surface area contributed by atoms with Crippen LogP contribution < -0.4 is 0 Å². The van der Waals surface area contributed by atoms with Crippen molar-refractivity contribution in [1.29, 1.82) is 0 Å². The SMILES string of the molecule is CO[C@H]1C[C@@H]2CC[C@@H](C)[C@@](O)(O2)C(=O)C(=O)N2CCCC[C@H]2C(=O)O[C@H]([C@H](C)C[C@@H]2CC[C@@H](OC(=O)CCc3ccc(N=[N+]=[N-])cc3)[C@H](OC)C2)CC(=O)[C@H](C)/C=C(\C)[C@@H](O)[C@@H](OC)C(=O)[C@H](C)C[C@H](C)/C=C/C=C/C=C/1C. The first-order valence-electron chi connectivity index (χ1n) is 28.0. The maximum Gasteiger partial charge on any atom is 0.329 e. The Kier molecular flexibility index (Phi) is 24.7. The van der Waals surface area contributed by atoms with Gasteiger partial charge in [-0.3, -0.25) is 24.0 Å². The van der Waals surface area contributed by atoms with Crippen molar-refractivity contribution in [2.24, 2.45) is 40.6 Å². The van der Waals surface area contributed by atoms with Crippen LogP contribution in [-0.2, 0) is 63.6 Å². The molecule has 3 fully saturated rings. The molecule has 2 bridgehead atoms. The third kappa shape index (κ3) is 17.3. The highest BCUT2D eigenvalue weighted by atomic mass is 16.6. The number of azide groups is 1. The van der Waals surface area contributed by atoms with E-state index in [0.29, 0.717) is 81.9 Å². The second-order valence-electron chi connectivity index (χ2n) is 22.4. The average Bonchev–Trinajstić information content (AvgIpc) is 3.45. The lowest BCUT2D eigenvalue weighted by molar-refractivity contribution is -0.265. The number of benzene rings is 1. The third-order valence-electron chi connectivity index (χ3n) is 16.5. The Balaban J connectivity index is 1.40. The van der Waals surface area contributed by atoms with Gasteiger partial charge in [0.15, 0.2) is 5.78 Å². The molecule has 0 radical (unpaired) electrons. The fourth-order valence-corrected chi connectivity index (χ4v) is 11.5. The molecule has 3 heterocycles. The summed E-state index contributed by atoms with van der Waals surface area (Å²) in [5, 5.41) is 27.2. The lowest BCUT2D eigenvalue weighted by Gasteiger charge is -2.42. The van der Waals surface area contributed by atoms with E-state index in [4.69, 9.17) is 34.0 Å². The summed E-state index contributed by atoms with van der Waals surface area (Å²) in [6.07, 6.45) is 11.1. The molecule has 78 heavy (non-hydrogen) atoms. The number of carbonyl (C=O) groups is 6. The normalized spacial score (nSPS) is 35.4. The van der Waals surface area contributed by atoms with Gasteiger partial charge in [0, 0.05) is 75.5 Å². The number of Topliss-reactive ketones (excluding diaryl/α,β-unsaturated/α-hetero) is 3. The smallest absolute Gasteiger partial charge is 0.329 e. The Morgan fingerprint density at radius 3 is 2.29 bits per heavy atom. The van der Waals surface area contributed by atoms with Crippen molar-refractivity contribution in [3.8, 4) is 0 Å². The van der Waals surface area contributed by atoms with Crippen LogP contribution in [0.3, 0.4) is 0 Å². The molecule has 0 spiro atoms. The van der Waals surface area contributed by atoms with E-state index in [-0.39, 0.29) is 55.2 Å². The van der Waals surface area contributed by atoms with E-state index in [2.05, 4.69) is 10.0 Å². The fraction of sp³-hybridized carbons (Fsp3) is 0.667. The van der Waals surface area contributed by atoms with Crippen molar-refractivity contribution in [3.05, 3.63) is 87.9 Å². The van der Waals surface area contributed by atoms with Gasteiger partial charge in [-0.15, -0.1) is 0 Å². The molecule has 1 amide bonds. The van der Waals surface area contributed by atoms with Crippen LogP contribution in [-0.4, -0.2) is 133 Å². The van der Waals surface area contributed by atoms with E-state index in [1.165, 1.54) is 12.0 Å². The van der Waals surface area contributed by atoms with Crippen LogP contribution in [0.5, 0.6) is 0 Å². The summed E-state index contributed by atoms with van der Waals surface area (Å²) in [7, 11) is 4.51. The minimum atomic E-state index is -2.46. The maximum absolute atomic E-state index is 14.6. The molecule has 2 N–H and O–H groups in total. The molecular formula is C60H86N4O14. The van der Waals surface area contributed by atoms with E-state index < -0.39 is 95.9 Å². The van der Waals surface area contributed by atoms with E-state index in [0.717, 1.165) is 11.1 Å². The Bertz CT molecular complexity index is 2400. The van der Waals surface area contributed by atoms with Gasteiger partial charge in [0.1, 0.15) is 36.2 Å². The number of fused-ring (bicyclic) bond motifs is 3. The molecule has 1 saturated carbocycles. The van der Waals surface area contributed by atoms with E-state index in [9.17, 15) is 39.0 Å². The molecule has 4 aliphatic rings. The molecule has 15 atom stereocenters. The molecule has 5 rings (SSSR count). The number of cyclic esters (lactones) is 1. The van der Waals surface area contributed by atoms with Gasteiger partial charge < -0.3 is 43.5 Å². The van der Waals surface area contributed by atoms with Crippen LogP contribution >= 0.6 is 0 Å². The highest BCUT2D eigenvalue weighted by Gasteiger charge is 2.53. The van der Waals surface area contributed by atoms with Gasteiger partial charge in [-0.25, -0.2) is 4.79 Å². The predicted octanol–water partition coefficient (Wildman–Crippen LogP) is 9.31. The zero-order valence-corrected chi connectivity index (χ0v) is 47.5. The molecule has 18 nitrogen and oxygen atoms in total. The summed E-state index contributed by atoms with van der Waals surface area (Å²) < 4.78 is 35.8. The Morgan fingerprint density at radius 1 is 0.885 bits per heavy atom. The number of carbonyl (C=O) groups excluding carboxylic acids is 6. The summed E-state index contributed by atoms with van der Waals surface area (Å²) in [5.41, 5.74) is 11.3. The van der Waals surface area contributed by atoms with Crippen LogP contribution in [0.1, 0.15) is 138 Å². The number of amides is 1.